The van der Waals surface area contributed by atoms with Gasteiger partial charge in [-0.1, -0.05) is 153 Å². The highest BCUT2D eigenvalue weighted by atomic mass is 35.5. The standard InChI is InChI=1S/C23H35ClO.C16H15Cl2NO.C6H14.C2H6/c1-8-13-23(14-9-2,17(4)5)25-22-12-11-20(24)16-21(22)19(7)15-18(6)10-3;1-10-3-4-12(17)7-15(10)11(2)14-6-5-13(18)8-16(14)19-9-20;1-4-6(3)5-2;1-2/h10-12,16,19H,4,8-9,13-15H2,1-3,5-7H3;3-9,11H,1-2H3,(H,19,20);6H,4-5H2,1-3H3;1-2H3/b18-10+;;;. The van der Waals surface area contributed by atoms with Crippen LogP contribution in [-0.2, 0) is 4.79 Å². The van der Waals surface area contributed by atoms with E-state index >= 15 is 0 Å². The van der Waals surface area contributed by atoms with Crippen LogP contribution in [0.15, 0.2) is 78.4 Å². The van der Waals surface area contributed by atoms with E-state index in [-0.39, 0.29) is 11.5 Å². The summed E-state index contributed by atoms with van der Waals surface area (Å²) in [5.41, 5.74) is 7.41. The van der Waals surface area contributed by atoms with Crippen LogP contribution in [0.3, 0.4) is 0 Å². The molecule has 3 rings (SSSR count). The molecule has 0 spiro atoms. The molecule has 0 aliphatic rings. The first-order chi connectivity index (χ1) is 25.1. The number of halogens is 3. The third kappa shape index (κ3) is 17.1. The summed E-state index contributed by atoms with van der Waals surface area (Å²) in [6, 6.07) is 17.4. The fraction of sp³-hybridized carbons (Fsp3) is 0.511. The predicted octanol–water partition coefficient (Wildman–Crippen LogP) is 16.6. The largest absolute Gasteiger partial charge is 0.483 e. The molecule has 296 valence electrons. The Hall–Kier alpha value is -2.72. The Balaban J connectivity index is 0.000000861. The highest BCUT2D eigenvalue weighted by Crippen LogP contribution is 2.39. The van der Waals surface area contributed by atoms with Crippen molar-refractivity contribution in [1.82, 2.24) is 0 Å². The lowest BCUT2D eigenvalue weighted by atomic mass is 9.85. The molecule has 0 bridgehead atoms. The number of allylic oxidation sites excluding steroid dienone is 2. The number of amides is 1. The van der Waals surface area contributed by atoms with E-state index in [1.54, 1.807) is 6.07 Å². The minimum absolute atomic E-state index is 0.105. The average Bonchev–Trinajstić information content (AvgIpc) is 3.14. The van der Waals surface area contributed by atoms with Gasteiger partial charge in [-0.15, -0.1) is 0 Å². The number of hydrogen-bond acceptors (Lipinski definition) is 2. The van der Waals surface area contributed by atoms with Gasteiger partial charge in [-0.05, 0) is 129 Å². The van der Waals surface area contributed by atoms with Crippen LogP contribution in [0.1, 0.15) is 162 Å². The third-order valence-electron chi connectivity index (χ3n) is 9.81. The number of carbonyl (C=O) groups excluding carboxylic acids is 1. The summed E-state index contributed by atoms with van der Waals surface area (Å²) in [5.74, 6) is 2.35. The fourth-order valence-corrected chi connectivity index (χ4v) is 6.63. The lowest BCUT2D eigenvalue weighted by Crippen LogP contribution is -2.37. The second-order valence-electron chi connectivity index (χ2n) is 13.9. The number of aryl methyl sites for hydroxylation is 1. The van der Waals surface area contributed by atoms with E-state index in [1.165, 1.54) is 24.0 Å². The van der Waals surface area contributed by atoms with Gasteiger partial charge in [-0.3, -0.25) is 4.79 Å². The van der Waals surface area contributed by atoms with Gasteiger partial charge in [0.2, 0.25) is 6.41 Å². The second kappa shape index (κ2) is 27.0. The molecule has 53 heavy (non-hydrogen) atoms. The molecule has 2 unspecified atom stereocenters. The molecule has 0 saturated heterocycles. The summed E-state index contributed by atoms with van der Waals surface area (Å²) >= 11 is 18.4. The first kappa shape index (κ1) is 50.3. The Morgan fingerprint density at radius 2 is 1.32 bits per heavy atom. The number of benzene rings is 3. The molecule has 0 aliphatic carbocycles. The Labute approximate surface area is 340 Å². The molecular formula is C47H70Cl3NO2. The monoisotopic (exact) mass is 785 g/mol. The molecule has 0 fully saturated rings. The van der Waals surface area contributed by atoms with Crippen LogP contribution in [0, 0.1) is 12.8 Å². The lowest BCUT2D eigenvalue weighted by Gasteiger charge is -2.36. The maximum absolute atomic E-state index is 10.7. The van der Waals surface area contributed by atoms with E-state index in [1.807, 2.05) is 63.2 Å². The molecule has 3 aromatic rings. The van der Waals surface area contributed by atoms with Gasteiger partial charge >= 0.3 is 0 Å². The SMILES string of the molecule is C=C(C)C(CCC)(CCC)Oc1ccc(Cl)cc1C(C)C/C(C)=C/C.CC.CCC(C)CC.Cc1ccc(Cl)cc1C(C)c1ccc(Cl)cc1NC=O. The van der Waals surface area contributed by atoms with Crippen LogP contribution < -0.4 is 10.1 Å². The molecule has 0 aromatic heterocycles. The number of hydrogen-bond donors (Lipinski definition) is 1. The molecule has 0 heterocycles. The van der Waals surface area contributed by atoms with Gasteiger partial charge < -0.3 is 10.1 Å². The molecule has 3 nitrogen and oxygen atoms in total. The normalized spacial score (nSPS) is 12.2. The number of carbonyl (C=O) groups is 1. The van der Waals surface area contributed by atoms with Crippen LogP contribution in [0.4, 0.5) is 5.69 Å². The van der Waals surface area contributed by atoms with Gasteiger partial charge in [-0.2, -0.15) is 0 Å². The summed E-state index contributed by atoms with van der Waals surface area (Å²) in [4.78, 5) is 10.7. The van der Waals surface area contributed by atoms with Crippen LogP contribution in [0.5, 0.6) is 5.75 Å². The van der Waals surface area contributed by atoms with Crippen LogP contribution >= 0.6 is 34.8 Å². The quantitative estimate of drug-likeness (QED) is 0.116. The van der Waals surface area contributed by atoms with Crippen molar-refractivity contribution in [3.8, 4) is 5.75 Å². The summed E-state index contributed by atoms with van der Waals surface area (Å²) in [7, 11) is 0. The van der Waals surface area contributed by atoms with Gasteiger partial charge in [0.1, 0.15) is 11.4 Å². The number of rotatable bonds is 16. The molecule has 0 aliphatic heterocycles. The summed E-state index contributed by atoms with van der Waals surface area (Å²) < 4.78 is 6.69. The van der Waals surface area contributed by atoms with Crippen LogP contribution in [0.25, 0.3) is 0 Å². The van der Waals surface area contributed by atoms with Gasteiger partial charge in [0, 0.05) is 26.7 Å². The lowest BCUT2D eigenvalue weighted by molar-refractivity contribution is -0.105. The van der Waals surface area contributed by atoms with Crippen molar-refractivity contribution in [3.63, 3.8) is 0 Å². The molecule has 3 aromatic carbocycles. The molecule has 0 radical (unpaired) electrons. The van der Waals surface area contributed by atoms with Crippen molar-refractivity contribution in [1.29, 1.82) is 0 Å². The summed E-state index contributed by atoms with van der Waals surface area (Å²) in [5, 5.41) is 4.76. The summed E-state index contributed by atoms with van der Waals surface area (Å²) in [6.07, 6.45) is 10.6. The Kier molecular flexibility index (Phi) is 25.6. The fourth-order valence-electron chi connectivity index (χ4n) is 6.10. The highest BCUT2D eigenvalue weighted by Gasteiger charge is 2.33. The second-order valence-corrected chi connectivity index (χ2v) is 15.2. The molecule has 0 saturated carbocycles. The van der Waals surface area contributed by atoms with Crippen molar-refractivity contribution < 1.29 is 9.53 Å². The molecule has 6 heteroatoms. The zero-order valence-electron chi connectivity index (χ0n) is 35.2. The van der Waals surface area contributed by atoms with Gasteiger partial charge in [0.25, 0.3) is 0 Å². The Morgan fingerprint density at radius 3 is 1.79 bits per heavy atom. The predicted molar refractivity (Wildman–Crippen MR) is 238 cm³/mol. The van der Waals surface area contributed by atoms with Crippen molar-refractivity contribution in [2.45, 2.75) is 152 Å². The molecule has 2 atom stereocenters. The average molecular weight is 787 g/mol. The first-order valence-electron chi connectivity index (χ1n) is 19.6. The van der Waals surface area contributed by atoms with Crippen molar-refractivity contribution in [2.24, 2.45) is 5.92 Å². The van der Waals surface area contributed by atoms with E-state index in [2.05, 4.69) is 93.3 Å². The van der Waals surface area contributed by atoms with Crippen molar-refractivity contribution in [2.75, 3.05) is 5.32 Å². The minimum atomic E-state index is -0.290. The smallest absolute Gasteiger partial charge is 0.211 e. The number of anilines is 1. The highest BCUT2D eigenvalue weighted by molar-refractivity contribution is 6.31. The van der Waals surface area contributed by atoms with Gasteiger partial charge in [-0.25, -0.2) is 0 Å². The van der Waals surface area contributed by atoms with E-state index in [0.29, 0.717) is 22.4 Å². The van der Waals surface area contributed by atoms with E-state index in [0.717, 1.165) is 76.7 Å². The molecular weight excluding hydrogens is 717 g/mol. The van der Waals surface area contributed by atoms with Gasteiger partial charge in [0.15, 0.2) is 0 Å². The minimum Gasteiger partial charge on any atom is -0.483 e. The van der Waals surface area contributed by atoms with E-state index in [4.69, 9.17) is 39.5 Å². The van der Waals surface area contributed by atoms with Crippen molar-refractivity contribution >= 4 is 46.9 Å². The molecule has 1 amide bonds. The number of nitrogens with one attached hydrogen (secondary N) is 1. The third-order valence-corrected chi connectivity index (χ3v) is 10.5. The zero-order valence-corrected chi connectivity index (χ0v) is 37.5. The Bertz CT molecular complexity index is 1540. The summed E-state index contributed by atoms with van der Waals surface area (Å²) in [6.45, 7) is 32.1. The van der Waals surface area contributed by atoms with E-state index in [9.17, 15) is 4.79 Å². The Morgan fingerprint density at radius 1 is 0.811 bits per heavy atom. The van der Waals surface area contributed by atoms with Crippen LogP contribution in [0.2, 0.25) is 15.1 Å². The first-order valence-corrected chi connectivity index (χ1v) is 20.8. The van der Waals surface area contributed by atoms with E-state index < -0.39 is 0 Å². The number of ether oxygens (including phenoxy) is 1. The van der Waals surface area contributed by atoms with Crippen LogP contribution in [-0.4, -0.2) is 12.0 Å². The molecule has 1 N–H and O–H groups in total. The van der Waals surface area contributed by atoms with Gasteiger partial charge in [0.05, 0.1) is 0 Å². The maximum atomic E-state index is 10.7. The zero-order chi connectivity index (χ0) is 40.7. The van der Waals surface area contributed by atoms with Crippen molar-refractivity contribution in [3.05, 3.63) is 116 Å². The maximum Gasteiger partial charge on any atom is 0.211 e. The topological polar surface area (TPSA) is 38.3 Å².